The fourth-order valence-electron chi connectivity index (χ4n) is 2.73. The maximum atomic E-state index is 12.4. The van der Waals surface area contributed by atoms with Crippen molar-refractivity contribution < 1.29 is 4.79 Å². The van der Waals surface area contributed by atoms with Crippen molar-refractivity contribution in [2.45, 2.75) is 38.6 Å². The summed E-state index contributed by atoms with van der Waals surface area (Å²) in [5, 5.41) is 7.74. The number of hydrogen-bond donors (Lipinski definition) is 2. The molecule has 3 N–H and O–H groups in total. The topological polar surface area (TPSA) is 84.1 Å². The molecule has 1 aliphatic carbocycles. The number of nitrogens with one attached hydrogen (secondary N) is 1. The van der Waals surface area contributed by atoms with E-state index in [1.165, 1.54) is 19.3 Å². The first kappa shape index (κ1) is 13.7. The SMILES string of the molecule is CC1CCCCC1N(C)C(=O)c1ccc(NN)nn1. The van der Waals surface area contributed by atoms with Crippen molar-refractivity contribution in [3.8, 4) is 0 Å². The summed E-state index contributed by atoms with van der Waals surface area (Å²) < 4.78 is 0. The highest BCUT2D eigenvalue weighted by atomic mass is 16.2. The van der Waals surface area contributed by atoms with Gasteiger partial charge in [0.25, 0.3) is 5.91 Å². The number of hydrazine groups is 1. The average molecular weight is 263 g/mol. The monoisotopic (exact) mass is 263 g/mol. The van der Waals surface area contributed by atoms with Gasteiger partial charge in [0.05, 0.1) is 0 Å². The molecule has 104 valence electrons. The van der Waals surface area contributed by atoms with Gasteiger partial charge in [0.1, 0.15) is 0 Å². The summed E-state index contributed by atoms with van der Waals surface area (Å²) in [6.07, 6.45) is 4.70. The molecule has 0 bridgehead atoms. The minimum Gasteiger partial charge on any atom is -0.337 e. The van der Waals surface area contributed by atoms with Crippen molar-refractivity contribution in [1.82, 2.24) is 15.1 Å². The summed E-state index contributed by atoms with van der Waals surface area (Å²) in [6.45, 7) is 2.21. The summed E-state index contributed by atoms with van der Waals surface area (Å²) in [4.78, 5) is 14.2. The molecule has 6 nitrogen and oxygen atoms in total. The number of nitrogens with two attached hydrogens (primary N) is 1. The number of anilines is 1. The lowest BCUT2D eigenvalue weighted by molar-refractivity contribution is 0.0622. The largest absolute Gasteiger partial charge is 0.337 e. The Balaban J connectivity index is 2.08. The summed E-state index contributed by atoms with van der Waals surface area (Å²) in [6, 6.07) is 3.60. The molecule has 1 aromatic rings. The molecule has 0 radical (unpaired) electrons. The second-order valence-electron chi connectivity index (χ2n) is 5.19. The highest BCUT2D eigenvalue weighted by Gasteiger charge is 2.28. The third kappa shape index (κ3) is 3.01. The van der Waals surface area contributed by atoms with E-state index < -0.39 is 0 Å². The molecule has 0 aliphatic heterocycles. The van der Waals surface area contributed by atoms with Crippen molar-refractivity contribution in [2.75, 3.05) is 12.5 Å². The second-order valence-corrected chi connectivity index (χ2v) is 5.19. The van der Waals surface area contributed by atoms with Crippen LogP contribution in [0.1, 0.15) is 43.1 Å². The molecule has 1 heterocycles. The van der Waals surface area contributed by atoms with E-state index in [0.717, 1.165) is 6.42 Å². The van der Waals surface area contributed by atoms with Gasteiger partial charge in [0.2, 0.25) is 0 Å². The average Bonchev–Trinajstić information content (AvgIpc) is 2.46. The zero-order valence-corrected chi connectivity index (χ0v) is 11.5. The lowest BCUT2D eigenvalue weighted by atomic mass is 9.85. The van der Waals surface area contributed by atoms with Crippen LogP contribution in [0.2, 0.25) is 0 Å². The van der Waals surface area contributed by atoms with Crippen LogP contribution in [0.5, 0.6) is 0 Å². The quantitative estimate of drug-likeness (QED) is 0.636. The first-order chi connectivity index (χ1) is 9.13. The van der Waals surface area contributed by atoms with Crippen LogP contribution >= 0.6 is 0 Å². The molecule has 6 heteroatoms. The van der Waals surface area contributed by atoms with Crippen LogP contribution in [0.15, 0.2) is 12.1 Å². The standard InChI is InChI=1S/C13H21N5O/c1-9-5-3-4-6-11(9)18(2)13(19)10-7-8-12(15-14)17-16-10/h7-9,11H,3-6,14H2,1-2H3,(H,15,17). The highest BCUT2D eigenvalue weighted by Crippen LogP contribution is 2.27. The van der Waals surface area contributed by atoms with Crippen molar-refractivity contribution in [2.24, 2.45) is 11.8 Å². The Bertz CT molecular complexity index is 433. The minimum atomic E-state index is -0.0742. The Labute approximate surface area is 113 Å². The van der Waals surface area contributed by atoms with Gasteiger partial charge in [0, 0.05) is 13.1 Å². The van der Waals surface area contributed by atoms with E-state index in [1.54, 1.807) is 12.1 Å². The highest BCUT2D eigenvalue weighted by molar-refractivity contribution is 5.92. The number of hydrogen-bond acceptors (Lipinski definition) is 5. The van der Waals surface area contributed by atoms with Gasteiger partial charge in [-0.3, -0.25) is 4.79 Å². The summed E-state index contributed by atoms with van der Waals surface area (Å²) in [7, 11) is 1.85. The molecule has 1 amide bonds. The third-order valence-corrected chi connectivity index (χ3v) is 3.92. The molecule has 2 rings (SSSR count). The van der Waals surface area contributed by atoms with E-state index >= 15 is 0 Å². The second kappa shape index (κ2) is 5.97. The molecule has 1 saturated carbocycles. The van der Waals surface area contributed by atoms with Gasteiger partial charge in [-0.1, -0.05) is 19.8 Å². The Morgan fingerprint density at radius 1 is 1.37 bits per heavy atom. The van der Waals surface area contributed by atoms with Gasteiger partial charge in [-0.2, -0.15) is 0 Å². The number of aromatic nitrogens is 2. The number of nitrogen functional groups attached to an aromatic ring is 1. The zero-order valence-electron chi connectivity index (χ0n) is 11.5. The molecule has 19 heavy (non-hydrogen) atoms. The smallest absolute Gasteiger partial charge is 0.274 e. The van der Waals surface area contributed by atoms with Gasteiger partial charge in [-0.15, -0.1) is 10.2 Å². The number of carbonyl (C=O) groups excluding carboxylic acids is 1. The van der Waals surface area contributed by atoms with E-state index in [-0.39, 0.29) is 5.91 Å². The summed E-state index contributed by atoms with van der Waals surface area (Å²) in [5.41, 5.74) is 2.75. The van der Waals surface area contributed by atoms with E-state index in [4.69, 9.17) is 5.84 Å². The van der Waals surface area contributed by atoms with Gasteiger partial charge in [-0.25, -0.2) is 5.84 Å². The summed E-state index contributed by atoms with van der Waals surface area (Å²) in [5.74, 6) is 6.14. The van der Waals surface area contributed by atoms with Crippen LogP contribution in [-0.2, 0) is 0 Å². The van der Waals surface area contributed by atoms with Gasteiger partial charge < -0.3 is 10.3 Å². The van der Waals surface area contributed by atoms with Crippen LogP contribution in [0.4, 0.5) is 5.82 Å². The molecule has 0 spiro atoms. The first-order valence-corrected chi connectivity index (χ1v) is 6.71. The minimum absolute atomic E-state index is 0.0742. The fourth-order valence-corrected chi connectivity index (χ4v) is 2.73. The Morgan fingerprint density at radius 3 is 2.68 bits per heavy atom. The van der Waals surface area contributed by atoms with Crippen molar-refractivity contribution in [3.63, 3.8) is 0 Å². The van der Waals surface area contributed by atoms with E-state index in [2.05, 4.69) is 22.5 Å². The van der Waals surface area contributed by atoms with Gasteiger partial charge in [0.15, 0.2) is 11.5 Å². The molecular formula is C13H21N5O. The Morgan fingerprint density at radius 2 is 2.11 bits per heavy atom. The predicted molar refractivity (Wildman–Crippen MR) is 73.4 cm³/mol. The first-order valence-electron chi connectivity index (χ1n) is 6.71. The Kier molecular flexibility index (Phi) is 4.31. The van der Waals surface area contributed by atoms with Crippen LogP contribution < -0.4 is 11.3 Å². The maximum absolute atomic E-state index is 12.4. The van der Waals surface area contributed by atoms with Crippen LogP contribution in [0.25, 0.3) is 0 Å². The van der Waals surface area contributed by atoms with Crippen LogP contribution in [-0.4, -0.2) is 34.1 Å². The molecule has 0 saturated heterocycles. The zero-order chi connectivity index (χ0) is 13.8. The van der Waals surface area contributed by atoms with E-state index in [1.807, 2.05) is 11.9 Å². The molecule has 2 atom stereocenters. The molecule has 0 aromatic carbocycles. The van der Waals surface area contributed by atoms with Crippen LogP contribution in [0.3, 0.4) is 0 Å². The third-order valence-electron chi connectivity index (χ3n) is 3.92. The van der Waals surface area contributed by atoms with Crippen molar-refractivity contribution in [3.05, 3.63) is 17.8 Å². The van der Waals surface area contributed by atoms with Gasteiger partial charge in [-0.05, 0) is 30.9 Å². The lowest BCUT2D eigenvalue weighted by Crippen LogP contribution is -2.43. The molecule has 1 aliphatic rings. The predicted octanol–water partition coefficient (Wildman–Crippen LogP) is 1.41. The van der Waals surface area contributed by atoms with E-state index in [0.29, 0.717) is 23.5 Å². The molecule has 1 fully saturated rings. The maximum Gasteiger partial charge on any atom is 0.274 e. The fraction of sp³-hybridized carbons (Fsp3) is 0.615. The molecular weight excluding hydrogens is 242 g/mol. The van der Waals surface area contributed by atoms with Crippen molar-refractivity contribution in [1.29, 1.82) is 0 Å². The number of rotatable bonds is 3. The lowest BCUT2D eigenvalue weighted by Gasteiger charge is -2.36. The summed E-state index contributed by atoms with van der Waals surface area (Å²) >= 11 is 0. The number of carbonyl (C=O) groups is 1. The van der Waals surface area contributed by atoms with E-state index in [9.17, 15) is 4.79 Å². The van der Waals surface area contributed by atoms with Crippen molar-refractivity contribution >= 4 is 11.7 Å². The molecule has 2 unspecified atom stereocenters. The van der Waals surface area contributed by atoms with Gasteiger partial charge >= 0.3 is 0 Å². The molecule has 1 aromatic heterocycles. The number of nitrogens with zero attached hydrogens (tertiary/aromatic N) is 3. The number of amides is 1. The normalized spacial score (nSPS) is 22.9. The Hall–Kier alpha value is -1.69. The van der Waals surface area contributed by atoms with Crippen LogP contribution in [0, 0.1) is 5.92 Å².